The van der Waals surface area contributed by atoms with Crippen molar-refractivity contribution >= 4 is 33.7 Å². The molecule has 8 nitrogen and oxygen atoms in total. The average Bonchev–Trinajstić information content (AvgIpc) is 3.29. The number of ether oxygens (including phenoxy) is 1. The molecule has 2 aromatic heterocycles. The lowest BCUT2D eigenvalue weighted by Gasteiger charge is -2.37. The minimum atomic E-state index is -5.08. The second-order valence-electron chi connectivity index (χ2n) is 8.04. The van der Waals surface area contributed by atoms with E-state index in [9.17, 15) is 26.7 Å². The zero-order valence-corrected chi connectivity index (χ0v) is 18.8. The monoisotopic (exact) mass is 523 g/mol. The maximum Gasteiger partial charge on any atom is 0.490 e. The number of alkyl halides is 5. The van der Waals surface area contributed by atoms with Crippen molar-refractivity contribution in [3.05, 3.63) is 66.4 Å². The molecule has 2 aromatic carbocycles. The molecule has 0 bridgehead atoms. The molecule has 0 radical (unpaired) electrons. The molecule has 1 aliphatic heterocycles. The lowest BCUT2D eigenvalue weighted by Crippen LogP contribution is -2.55. The minimum Gasteiger partial charge on any atom is -0.475 e. The smallest absolute Gasteiger partial charge is 0.475 e. The summed E-state index contributed by atoms with van der Waals surface area (Å²) in [6.07, 6.45) is -7.10. The van der Waals surface area contributed by atoms with E-state index in [-0.39, 0.29) is 24.7 Å². The summed E-state index contributed by atoms with van der Waals surface area (Å²) in [6, 6.07) is 17.6. The first kappa shape index (κ1) is 25.8. The number of aromatic nitrogens is 2. The molecule has 1 aliphatic rings. The number of hydrogen-bond donors (Lipinski definition) is 1. The number of aliphatic carboxylic acids is 1. The molecule has 0 spiro atoms. The van der Waals surface area contributed by atoms with Gasteiger partial charge in [0.05, 0.1) is 17.4 Å². The van der Waals surface area contributed by atoms with Gasteiger partial charge in [0.1, 0.15) is 0 Å². The number of piperidine rings is 1. The van der Waals surface area contributed by atoms with Crippen LogP contribution in [-0.4, -0.2) is 63.3 Å². The quantitative estimate of drug-likeness (QED) is 0.379. The van der Waals surface area contributed by atoms with Crippen LogP contribution in [0.1, 0.15) is 16.9 Å². The normalized spacial score (nSPS) is 17.2. The van der Waals surface area contributed by atoms with Gasteiger partial charge in [0, 0.05) is 24.4 Å². The SMILES string of the molecule is O=C(O)C(F)(F)F.O=C(c1noc2ccccc12)N1CCC(F)(F)[C@@H](Oc2ccc3ccccc3n2)C1. The van der Waals surface area contributed by atoms with Gasteiger partial charge in [-0.1, -0.05) is 35.5 Å². The summed E-state index contributed by atoms with van der Waals surface area (Å²) >= 11 is 0. The van der Waals surface area contributed by atoms with Crippen LogP contribution in [0.3, 0.4) is 0 Å². The highest BCUT2D eigenvalue weighted by Crippen LogP contribution is 2.33. The van der Waals surface area contributed by atoms with Gasteiger partial charge in [-0.2, -0.15) is 13.2 Å². The molecule has 1 fully saturated rings. The number of carbonyl (C=O) groups excluding carboxylic acids is 1. The van der Waals surface area contributed by atoms with E-state index in [1.54, 1.807) is 42.5 Å². The van der Waals surface area contributed by atoms with Crippen molar-refractivity contribution in [1.82, 2.24) is 15.0 Å². The molecular formula is C24H18F5N3O5. The molecule has 3 heterocycles. The van der Waals surface area contributed by atoms with Gasteiger partial charge in [0.15, 0.2) is 17.4 Å². The number of hydrogen-bond acceptors (Lipinski definition) is 6. The molecule has 1 saturated heterocycles. The molecule has 0 unspecified atom stereocenters. The van der Waals surface area contributed by atoms with Crippen molar-refractivity contribution < 1.29 is 45.9 Å². The molecule has 1 atom stereocenters. The van der Waals surface area contributed by atoms with Crippen molar-refractivity contribution in [3.63, 3.8) is 0 Å². The van der Waals surface area contributed by atoms with E-state index in [1.165, 1.54) is 4.90 Å². The average molecular weight is 523 g/mol. The number of para-hydroxylation sites is 2. The third-order valence-electron chi connectivity index (χ3n) is 5.52. The Labute approximate surface area is 205 Å². The van der Waals surface area contributed by atoms with E-state index < -0.39 is 36.5 Å². The summed E-state index contributed by atoms with van der Waals surface area (Å²) in [5.41, 5.74) is 1.23. The van der Waals surface area contributed by atoms with Gasteiger partial charge in [-0.15, -0.1) is 0 Å². The zero-order chi connectivity index (χ0) is 26.8. The number of amides is 1. The number of likely N-dealkylation sites (tertiary alicyclic amines) is 1. The standard InChI is InChI=1S/C22H17F2N3O3.C2HF3O2/c23-22(24)11-12-27(21(28)20-15-6-2-4-8-17(15)30-26-20)13-18(22)29-19-10-9-14-5-1-3-7-16(14)25-19;3-2(4,5)1(6)7/h1-10,18H,11-13H2;(H,6,7)/t18-;/m0./s1. The van der Waals surface area contributed by atoms with Crippen LogP contribution in [0, 0.1) is 0 Å². The van der Waals surface area contributed by atoms with Crippen molar-refractivity contribution in [3.8, 4) is 5.88 Å². The van der Waals surface area contributed by atoms with Crippen LogP contribution >= 0.6 is 0 Å². The summed E-state index contributed by atoms with van der Waals surface area (Å²) in [4.78, 5) is 27.5. The van der Waals surface area contributed by atoms with Crippen LogP contribution in [-0.2, 0) is 4.79 Å². The van der Waals surface area contributed by atoms with Gasteiger partial charge < -0.3 is 19.3 Å². The highest BCUT2D eigenvalue weighted by molar-refractivity contribution is 6.04. The topological polar surface area (TPSA) is 106 Å². The van der Waals surface area contributed by atoms with Gasteiger partial charge in [-0.05, 0) is 24.3 Å². The highest BCUT2D eigenvalue weighted by Gasteiger charge is 2.47. The zero-order valence-electron chi connectivity index (χ0n) is 18.8. The number of carbonyl (C=O) groups is 2. The molecule has 0 saturated carbocycles. The number of nitrogens with zero attached hydrogens (tertiary/aromatic N) is 3. The molecule has 13 heteroatoms. The van der Waals surface area contributed by atoms with Crippen molar-refractivity contribution in [2.24, 2.45) is 0 Å². The largest absolute Gasteiger partial charge is 0.490 e. The van der Waals surface area contributed by atoms with Crippen LogP contribution in [0.25, 0.3) is 21.9 Å². The van der Waals surface area contributed by atoms with Crippen LogP contribution < -0.4 is 4.74 Å². The molecule has 5 rings (SSSR count). The molecule has 0 aliphatic carbocycles. The summed E-state index contributed by atoms with van der Waals surface area (Å²) in [5.74, 6) is -6.21. The summed E-state index contributed by atoms with van der Waals surface area (Å²) in [5, 5.41) is 12.4. The second kappa shape index (κ2) is 9.99. The summed E-state index contributed by atoms with van der Waals surface area (Å²) < 4.78 is 71.6. The molecule has 37 heavy (non-hydrogen) atoms. The molecule has 194 valence electrons. The number of fused-ring (bicyclic) bond motifs is 2. The number of carboxylic acid groups (broad SMARTS) is 1. The maximum atomic E-state index is 14.6. The van der Waals surface area contributed by atoms with Crippen LogP contribution in [0.5, 0.6) is 5.88 Å². The Morgan fingerprint density at radius 3 is 2.46 bits per heavy atom. The van der Waals surface area contributed by atoms with Crippen LogP contribution in [0.2, 0.25) is 0 Å². The van der Waals surface area contributed by atoms with E-state index in [4.69, 9.17) is 19.2 Å². The van der Waals surface area contributed by atoms with E-state index >= 15 is 0 Å². The van der Waals surface area contributed by atoms with E-state index in [2.05, 4.69) is 10.1 Å². The fourth-order valence-corrected chi connectivity index (χ4v) is 3.63. The van der Waals surface area contributed by atoms with Gasteiger partial charge in [-0.25, -0.2) is 18.6 Å². The predicted molar refractivity (Wildman–Crippen MR) is 119 cm³/mol. The van der Waals surface area contributed by atoms with Gasteiger partial charge >= 0.3 is 12.1 Å². The summed E-state index contributed by atoms with van der Waals surface area (Å²) in [7, 11) is 0. The van der Waals surface area contributed by atoms with Crippen molar-refractivity contribution in [1.29, 1.82) is 0 Å². The van der Waals surface area contributed by atoms with Crippen molar-refractivity contribution in [2.75, 3.05) is 13.1 Å². The number of pyridine rings is 1. The Morgan fingerprint density at radius 1 is 1.05 bits per heavy atom. The fraction of sp³-hybridized carbons (Fsp3) is 0.250. The summed E-state index contributed by atoms with van der Waals surface area (Å²) in [6.45, 7) is -0.375. The first-order chi connectivity index (χ1) is 17.5. The number of rotatable bonds is 3. The van der Waals surface area contributed by atoms with Gasteiger partial charge in [0.2, 0.25) is 5.88 Å². The fourth-order valence-electron chi connectivity index (χ4n) is 3.63. The number of benzene rings is 2. The highest BCUT2D eigenvalue weighted by atomic mass is 19.4. The second-order valence-corrected chi connectivity index (χ2v) is 8.04. The molecule has 1 amide bonds. The minimum absolute atomic E-state index is 0.0968. The Morgan fingerprint density at radius 2 is 1.73 bits per heavy atom. The lowest BCUT2D eigenvalue weighted by molar-refractivity contribution is -0.192. The molecular weight excluding hydrogens is 505 g/mol. The van der Waals surface area contributed by atoms with Crippen LogP contribution in [0.15, 0.2) is 65.2 Å². The Hall–Kier alpha value is -4.29. The number of halogens is 5. The Kier molecular flexibility index (Phi) is 6.96. The third-order valence-corrected chi connectivity index (χ3v) is 5.52. The third kappa shape index (κ3) is 5.76. The first-order valence-corrected chi connectivity index (χ1v) is 10.8. The van der Waals surface area contributed by atoms with Crippen LogP contribution in [0.4, 0.5) is 22.0 Å². The number of carboxylic acids is 1. The molecule has 1 N–H and O–H groups in total. The predicted octanol–water partition coefficient (Wildman–Crippen LogP) is 4.94. The molecule has 4 aromatic rings. The van der Waals surface area contributed by atoms with E-state index in [0.29, 0.717) is 16.5 Å². The lowest BCUT2D eigenvalue weighted by atomic mass is 10.0. The van der Waals surface area contributed by atoms with Crippen molar-refractivity contribution in [2.45, 2.75) is 24.6 Å². The van der Waals surface area contributed by atoms with E-state index in [0.717, 1.165) is 5.39 Å². The maximum absolute atomic E-state index is 14.6. The van der Waals surface area contributed by atoms with Gasteiger partial charge in [0.25, 0.3) is 11.8 Å². The first-order valence-electron chi connectivity index (χ1n) is 10.8. The Balaban J connectivity index is 0.000000405. The van der Waals surface area contributed by atoms with Gasteiger partial charge in [-0.3, -0.25) is 4.79 Å². The Bertz CT molecular complexity index is 1440. The van der Waals surface area contributed by atoms with E-state index in [1.807, 2.05) is 18.2 Å².